The van der Waals surface area contributed by atoms with Crippen LogP contribution in [0, 0.1) is 0 Å². The molecule has 2 bridgehead atoms. The zero-order chi connectivity index (χ0) is 22.2. The van der Waals surface area contributed by atoms with Crippen molar-refractivity contribution in [1.82, 2.24) is 0 Å². The SMILES string of the molecule is C=CC1(Oc2cc(C(=O)OCCS(=O)(=O)O)ccc2OC(F)(F)F)CC2CCC1O2. The number of hydrogen-bond acceptors (Lipinski definition) is 7. The third-order valence-corrected chi connectivity index (χ3v) is 5.51. The smallest absolute Gasteiger partial charge is 0.476 e. The molecule has 2 aliphatic heterocycles. The molecule has 0 saturated carbocycles. The summed E-state index contributed by atoms with van der Waals surface area (Å²) in [5, 5.41) is 0. The molecule has 0 aromatic heterocycles. The summed E-state index contributed by atoms with van der Waals surface area (Å²) in [6.45, 7) is 3.08. The minimum Gasteiger partial charge on any atom is -0.476 e. The second-order valence-corrected chi connectivity index (χ2v) is 8.49. The van der Waals surface area contributed by atoms with Crippen LogP contribution in [0.2, 0.25) is 0 Å². The Balaban J connectivity index is 1.85. The predicted octanol–water partition coefficient (Wildman–Crippen LogP) is 2.88. The Labute approximate surface area is 170 Å². The number of halogens is 3. The highest BCUT2D eigenvalue weighted by atomic mass is 32.2. The van der Waals surface area contributed by atoms with E-state index in [4.69, 9.17) is 18.8 Å². The van der Waals surface area contributed by atoms with Crippen molar-refractivity contribution in [2.45, 2.75) is 43.4 Å². The van der Waals surface area contributed by atoms with Crippen molar-refractivity contribution in [3.63, 3.8) is 0 Å². The molecule has 1 N–H and O–H groups in total. The summed E-state index contributed by atoms with van der Waals surface area (Å²) in [6.07, 6.45) is -2.21. The van der Waals surface area contributed by atoms with Crippen LogP contribution in [0.4, 0.5) is 13.2 Å². The number of fused-ring (bicyclic) bond motifs is 2. The van der Waals surface area contributed by atoms with E-state index in [1.807, 2.05) is 0 Å². The largest absolute Gasteiger partial charge is 0.573 e. The Morgan fingerprint density at radius 3 is 2.60 bits per heavy atom. The summed E-state index contributed by atoms with van der Waals surface area (Å²) in [5.41, 5.74) is -1.28. The molecule has 3 rings (SSSR count). The van der Waals surface area contributed by atoms with Crippen molar-refractivity contribution in [2.24, 2.45) is 0 Å². The van der Waals surface area contributed by atoms with Crippen LogP contribution in [0.3, 0.4) is 0 Å². The van der Waals surface area contributed by atoms with Crippen LogP contribution in [0.1, 0.15) is 29.6 Å². The van der Waals surface area contributed by atoms with Crippen LogP contribution in [0.5, 0.6) is 11.5 Å². The number of rotatable bonds is 8. The van der Waals surface area contributed by atoms with Crippen molar-refractivity contribution in [2.75, 3.05) is 12.4 Å². The molecule has 30 heavy (non-hydrogen) atoms. The molecule has 2 fully saturated rings. The van der Waals surface area contributed by atoms with E-state index in [9.17, 15) is 26.4 Å². The molecular formula is C18H19F3O8S. The van der Waals surface area contributed by atoms with E-state index in [0.717, 1.165) is 24.6 Å². The van der Waals surface area contributed by atoms with Gasteiger partial charge in [0.2, 0.25) is 0 Å². The molecule has 1 aromatic rings. The molecule has 3 atom stereocenters. The lowest BCUT2D eigenvalue weighted by Gasteiger charge is -2.33. The van der Waals surface area contributed by atoms with Gasteiger partial charge in [0.1, 0.15) is 18.5 Å². The minimum absolute atomic E-state index is 0.103. The first-order chi connectivity index (χ1) is 13.9. The van der Waals surface area contributed by atoms with Crippen LogP contribution in [0.15, 0.2) is 30.9 Å². The van der Waals surface area contributed by atoms with Crippen LogP contribution >= 0.6 is 0 Å². The highest BCUT2D eigenvalue weighted by Gasteiger charge is 2.53. The standard InChI is InChI=1S/C18H19F3O8S/c1-2-17(10-12-4-6-15(17)27-12)28-14-9-11(3-5-13(14)29-18(19,20)21)16(22)26-7-8-30(23,24)25/h2-3,5,9,12,15H,1,4,6-8,10H2,(H,23,24,25). The van der Waals surface area contributed by atoms with Gasteiger partial charge in [-0.1, -0.05) is 6.58 Å². The summed E-state index contributed by atoms with van der Waals surface area (Å²) in [7, 11) is -4.34. The molecule has 0 aliphatic carbocycles. The molecule has 0 amide bonds. The summed E-state index contributed by atoms with van der Waals surface area (Å²) in [4.78, 5) is 12.1. The van der Waals surface area contributed by atoms with Gasteiger partial charge >= 0.3 is 12.3 Å². The maximum atomic E-state index is 12.8. The highest BCUT2D eigenvalue weighted by molar-refractivity contribution is 7.85. The average Bonchev–Trinajstić information content (AvgIpc) is 3.22. The van der Waals surface area contributed by atoms with Gasteiger partial charge in [-0.05, 0) is 37.1 Å². The van der Waals surface area contributed by atoms with Gasteiger partial charge in [-0.2, -0.15) is 8.42 Å². The Morgan fingerprint density at radius 1 is 1.33 bits per heavy atom. The Morgan fingerprint density at radius 2 is 2.07 bits per heavy atom. The van der Waals surface area contributed by atoms with Gasteiger partial charge in [0.25, 0.3) is 10.1 Å². The Hall–Kier alpha value is -2.31. The molecule has 8 nitrogen and oxygen atoms in total. The first kappa shape index (κ1) is 22.4. The van der Waals surface area contributed by atoms with Crippen LogP contribution in [-0.4, -0.2) is 55.5 Å². The number of carbonyl (C=O) groups is 1. The summed E-state index contributed by atoms with van der Waals surface area (Å²) in [6, 6.07) is 2.92. The van der Waals surface area contributed by atoms with Crippen molar-refractivity contribution in [3.05, 3.63) is 36.4 Å². The lowest BCUT2D eigenvalue weighted by atomic mass is 9.84. The van der Waals surface area contributed by atoms with E-state index in [1.165, 1.54) is 6.08 Å². The molecule has 2 heterocycles. The molecule has 1 aromatic carbocycles. The molecular weight excluding hydrogens is 433 g/mol. The number of esters is 1. The van der Waals surface area contributed by atoms with Crippen molar-refractivity contribution in [1.29, 1.82) is 0 Å². The normalized spacial score (nSPS) is 25.7. The molecule has 3 unspecified atom stereocenters. The number of benzene rings is 1. The summed E-state index contributed by atoms with van der Waals surface area (Å²) < 4.78 is 88.8. The fourth-order valence-corrected chi connectivity index (χ4v) is 3.81. The predicted molar refractivity (Wildman–Crippen MR) is 95.9 cm³/mol. The fraction of sp³-hybridized carbons (Fsp3) is 0.500. The van der Waals surface area contributed by atoms with Gasteiger partial charge in [-0.15, -0.1) is 13.2 Å². The third kappa shape index (κ3) is 5.24. The molecule has 166 valence electrons. The van der Waals surface area contributed by atoms with Crippen LogP contribution < -0.4 is 9.47 Å². The maximum Gasteiger partial charge on any atom is 0.573 e. The topological polar surface area (TPSA) is 108 Å². The zero-order valence-corrected chi connectivity index (χ0v) is 16.4. The number of alkyl halides is 3. The van der Waals surface area contributed by atoms with Gasteiger partial charge in [0, 0.05) is 6.42 Å². The number of hydrogen-bond donors (Lipinski definition) is 1. The van der Waals surface area contributed by atoms with Gasteiger partial charge in [-0.25, -0.2) is 4.79 Å². The van der Waals surface area contributed by atoms with Gasteiger partial charge in [0.15, 0.2) is 17.1 Å². The quantitative estimate of drug-likeness (QED) is 0.364. The van der Waals surface area contributed by atoms with E-state index in [1.54, 1.807) is 0 Å². The zero-order valence-electron chi connectivity index (χ0n) is 15.6. The molecule has 0 spiro atoms. The Kier molecular flexibility index (Phi) is 6.03. The van der Waals surface area contributed by atoms with Crippen molar-refractivity contribution in [3.8, 4) is 11.5 Å². The van der Waals surface area contributed by atoms with Crippen LogP contribution in [0.25, 0.3) is 0 Å². The summed E-state index contributed by atoms with van der Waals surface area (Å²) >= 11 is 0. The van der Waals surface area contributed by atoms with Crippen molar-refractivity contribution >= 4 is 16.1 Å². The lowest BCUT2D eigenvalue weighted by Crippen LogP contribution is -2.43. The fourth-order valence-electron chi connectivity index (χ4n) is 3.52. The second kappa shape index (κ2) is 8.08. The maximum absolute atomic E-state index is 12.8. The monoisotopic (exact) mass is 452 g/mol. The first-order valence-electron chi connectivity index (χ1n) is 8.91. The van der Waals surface area contributed by atoms with E-state index < -0.39 is 52.3 Å². The molecule has 2 saturated heterocycles. The average molecular weight is 452 g/mol. The van der Waals surface area contributed by atoms with E-state index >= 15 is 0 Å². The van der Waals surface area contributed by atoms with Gasteiger partial charge in [-0.3, -0.25) is 4.55 Å². The van der Waals surface area contributed by atoms with E-state index in [-0.39, 0.29) is 17.4 Å². The second-order valence-electron chi connectivity index (χ2n) is 6.92. The van der Waals surface area contributed by atoms with Crippen LogP contribution in [-0.2, 0) is 19.6 Å². The third-order valence-electron chi connectivity index (χ3n) is 4.82. The van der Waals surface area contributed by atoms with Gasteiger partial charge in [0.05, 0.1) is 11.7 Å². The lowest BCUT2D eigenvalue weighted by molar-refractivity contribution is -0.275. The van der Waals surface area contributed by atoms with E-state index in [2.05, 4.69) is 11.3 Å². The van der Waals surface area contributed by atoms with Gasteiger partial charge < -0.3 is 18.9 Å². The minimum atomic E-state index is -5.00. The van der Waals surface area contributed by atoms with E-state index in [0.29, 0.717) is 12.8 Å². The molecule has 2 aliphatic rings. The number of carbonyl (C=O) groups excluding carboxylic acids is 1. The number of ether oxygens (including phenoxy) is 4. The molecule has 0 radical (unpaired) electrons. The molecule has 12 heteroatoms. The summed E-state index contributed by atoms with van der Waals surface area (Å²) in [5.74, 6) is -2.87. The highest BCUT2D eigenvalue weighted by Crippen LogP contribution is 2.47. The Bertz CT molecular complexity index is 930. The first-order valence-corrected chi connectivity index (χ1v) is 10.5. The van der Waals surface area contributed by atoms with Crippen molar-refractivity contribution < 1.29 is 49.9 Å².